The number of aryl methyl sites for hydroxylation is 1. The second-order valence-electron chi connectivity index (χ2n) is 5.61. The van der Waals surface area contributed by atoms with Gasteiger partial charge in [0.2, 0.25) is 5.82 Å². The Balaban J connectivity index is 2.32. The average Bonchev–Trinajstić information content (AvgIpc) is 2.93. The SMILES string of the molecule is CCCOc1cc2oc3cc(CCC)c(F)c(F)c3c2c(F)c1F. The van der Waals surface area contributed by atoms with Crippen LogP contribution in [0.1, 0.15) is 32.3 Å². The van der Waals surface area contributed by atoms with Crippen LogP contribution in [0, 0.1) is 23.3 Å². The quantitative estimate of drug-likeness (QED) is 0.541. The Morgan fingerprint density at radius 2 is 1.46 bits per heavy atom. The minimum absolute atomic E-state index is 0.0155. The number of halogens is 4. The Morgan fingerprint density at radius 1 is 0.833 bits per heavy atom. The Kier molecular flexibility index (Phi) is 4.39. The maximum atomic E-state index is 14.4. The Labute approximate surface area is 136 Å². The van der Waals surface area contributed by atoms with Gasteiger partial charge in [0, 0.05) is 6.07 Å². The molecule has 2 aromatic carbocycles. The molecule has 0 amide bonds. The van der Waals surface area contributed by atoms with E-state index >= 15 is 0 Å². The number of benzene rings is 2. The van der Waals surface area contributed by atoms with Crippen LogP contribution in [0.3, 0.4) is 0 Å². The molecule has 1 aromatic heterocycles. The molecule has 24 heavy (non-hydrogen) atoms. The van der Waals surface area contributed by atoms with Crippen LogP contribution in [-0.4, -0.2) is 6.61 Å². The van der Waals surface area contributed by atoms with E-state index in [0.717, 1.165) is 0 Å². The van der Waals surface area contributed by atoms with Crippen LogP contribution in [0.25, 0.3) is 21.9 Å². The van der Waals surface area contributed by atoms with Crippen LogP contribution in [0.4, 0.5) is 17.6 Å². The van der Waals surface area contributed by atoms with Crippen molar-refractivity contribution in [2.24, 2.45) is 0 Å². The van der Waals surface area contributed by atoms with Crippen molar-refractivity contribution >= 4 is 21.9 Å². The van der Waals surface area contributed by atoms with Gasteiger partial charge in [0.15, 0.2) is 23.2 Å². The van der Waals surface area contributed by atoms with E-state index in [1.807, 2.05) is 13.8 Å². The van der Waals surface area contributed by atoms with Crippen molar-refractivity contribution in [2.45, 2.75) is 33.1 Å². The highest BCUT2D eigenvalue weighted by Crippen LogP contribution is 2.38. The van der Waals surface area contributed by atoms with E-state index in [9.17, 15) is 17.6 Å². The summed E-state index contributed by atoms with van der Waals surface area (Å²) < 4.78 is 67.7. The molecule has 0 N–H and O–H groups in total. The predicted molar refractivity (Wildman–Crippen MR) is 83.3 cm³/mol. The molecule has 0 atom stereocenters. The number of fused-ring (bicyclic) bond motifs is 3. The van der Waals surface area contributed by atoms with E-state index in [0.29, 0.717) is 19.3 Å². The average molecular weight is 340 g/mol. The largest absolute Gasteiger partial charge is 0.490 e. The van der Waals surface area contributed by atoms with Gasteiger partial charge in [-0.05, 0) is 24.5 Å². The van der Waals surface area contributed by atoms with Crippen LogP contribution < -0.4 is 4.74 Å². The molecule has 0 spiro atoms. The molecule has 0 bridgehead atoms. The molecule has 0 aliphatic carbocycles. The van der Waals surface area contributed by atoms with Gasteiger partial charge in [0.1, 0.15) is 11.2 Å². The Bertz CT molecular complexity index is 915. The van der Waals surface area contributed by atoms with Crippen LogP contribution >= 0.6 is 0 Å². The molecule has 0 saturated carbocycles. The van der Waals surface area contributed by atoms with Crippen molar-refractivity contribution in [2.75, 3.05) is 6.61 Å². The number of hydrogen-bond donors (Lipinski definition) is 0. The molecule has 0 fully saturated rings. The lowest BCUT2D eigenvalue weighted by Crippen LogP contribution is -2.00. The van der Waals surface area contributed by atoms with Crippen molar-refractivity contribution < 1.29 is 26.7 Å². The molecule has 2 nitrogen and oxygen atoms in total. The maximum Gasteiger partial charge on any atom is 0.201 e. The van der Waals surface area contributed by atoms with Gasteiger partial charge in [-0.15, -0.1) is 0 Å². The van der Waals surface area contributed by atoms with E-state index in [1.54, 1.807) is 0 Å². The molecular formula is C18H16F4O2. The highest BCUT2D eigenvalue weighted by molar-refractivity contribution is 6.06. The second-order valence-corrected chi connectivity index (χ2v) is 5.61. The zero-order valence-corrected chi connectivity index (χ0v) is 13.3. The molecule has 3 aromatic rings. The Hall–Kier alpha value is -2.24. The van der Waals surface area contributed by atoms with Crippen molar-refractivity contribution in [3.8, 4) is 5.75 Å². The van der Waals surface area contributed by atoms with Crippen LogP contribution in [-0.2, 0) is 6.42 Å². The summed E-state index contributed by atoms with van der Waals surface area (Å²) >= 11 is 0. The number of hydrogen-bond acceptors (Lipinski definition) is 2. The highest BCUT2D eigenvalue weighted by Gasteiger charge is 2.25. The first-order chi connectivity index (χ1) is 11.5. The van der Waals surface area contributed by atoms with E-state index in [1.165, 1.54) is 12.1 Å². The molecule has 0 radical (unpaired) electrons. The summed E-state index contributed by atoms with van der Waals surface area (Å²) in [5.74, 6) is -5.14. The van der Waals surface area contributed by atoms with Gasteiger partial charge in [0.05, 0.1) is 17.4 Å². The summed E-state index contributed by atoms with van der Waals surface area (Å²) in [6.45, 7) is 3.85. The lowest BCUT2D eigenvalue weighted by atomic mass is 10.0. The lowest BCUT2D eigenvalue weighted by molar-refractivity contribution is 0.296. The minimum Gasteiger partial charge on any atom is -0.490 e. The van der Waals surface area contributed by atoms with E-state index in [2.05, 4.69) is 0 Å². The third-order valence-corrected chi connectivity index (χ3v) is 3.83. The number of furan rings is 1. The van der Waals surface area contributed by atoms with Crippen molar-refractivity contribution in [1.82, 2.24) is 0 Å². The fraction of sp³-hybridized carbons (Fsp3) is 0.333. The van der Waals surface area contributed by atoms with Crippen LogP contribution in [0.15, 0.2) is 16.5 Å². The molecule has 3 rings (SSSR count). The summed E-state index contributed by atoms with van der Waals surface area (Å²) in [6.07, 6.45) is 1.54. The van der Waals surface area contributed by atoms with Crippen molar-refractivity contribution in [3.63, 3.8) is 0 Å². The first-order valence-corrected chi connectivity index (χ1v) is 7.83. The van der Waals surface area contributed by atoms with E-state index in [-0.39, 0.29) is 34.5 Å². The van der Waals surface area contributed by atoms with Gasteiger partial charge < -0.3 is 9.15 Å². The smallest absolute Gasteiger partial charge is 0.201 e. The van der Waals surface area contributed by atoms with Gasteiger partial charge in [-0.3, -0.25) is 0 Å². The summed E-state index contributed by atoms with van der Waals surface area (Å²) in [6, 6.07) is 2.50. The summed E-state index contributed by atoms with van der Waals surface area (Å²) in [4.78, 5) is 0. The molecule has 6 heteroatoms. The fourth-order valence-electron chi connectivity index (χ4n) is 2.75. The second kappa shape index (κ2) is 6.34. The summed E-state index contributed by atoms with van der Waals surface area (Å²) in [5.41, 5.74) is 0.0464. The number of ether oxygens (including phenoxy) is 1. The van der Waals surface area contributed by atoms with Gasteiger partial charge in [0.25, 0.3) is 0 Å². The summed E-state index contributed by atoms with van der Waals surface area (Å²) in [7, 11) is 0. The zero-order valence-electron chi connectivity index (χ0n) is 13.3. The van der Waals surface area contributed by atoms with Gasteiger partial charge in [-0.2, -0.15) is 4.39 Å². The van der Waals surface area contributed by atoms with Gasteiger partial charge >= 0.3 is 0 Å². The molecule has 0 aliphatic rings. The predicted octanol–water partition coefficient (Wildman–Crippen LogP) is 5.88. The molecular weight excluding hydrogens is 324 g/mol. The monoisotopic (exact) mass is 340 g/mol. The molecule has 0 unspecified atom stereocenters. The lowest BCUT2D eigenvalue weighted by Gasteiger charge is -2.07. The van der Waals surface area contributed by atoms with Crippen LogP contribution in [0.2, 0.25) is 0 Å². The van der Waals surface area contributed by atoms with Crippen LogP contribution in [0.5, 0.6) is 5.75 Å². The Morgan fingerprint density at radius 3 is 2.08 bits per heavy atom. The molecule has 0 aliphatic heterocycles. The van der Waals surface area contributed by atoms with E-state index in [4.69, 9.17) is 9.15 Å². The van der Waals surface area contributed by atoms with Gasteiger partial charge in [-0.25, -0.2) is 13.2 Å². The third-order valence-electron chi connectivity index (χ3n) is 3.83. The molecule has 1 heterocycles. The standard InChI is InChI=1S/C18H16F4O2/c1-3-5-9-7-10-13(17(21)15(9)19)14-11(24-10)8-12(23-6-4-2)16(20)18(14)22/h7-8H,3-6H2,1-2H3. The van der Waals surface area contributed by atoms with Crippen molar-refractivity contribution in [3.05, 3.63) is 41.0 Å². The highest BCUT2D eigenvalue weighted by atomic mass is 19.2. The maximum absolute atomic E-state index is 14.4. The molecule has 0 saturated heterocycles. The molecule has 128 valence electrons. The number of rotatable bonds is 5. The van der Waals surface area contributed by atoms with Gasteiger partial charge in [-0.1, -0.05) is 20.3 Å². The normalized spacial score (nSPS) is 11.6. The third kappa shape index (κ3) is 2.50. The fourth-order valence-corrected chi connectivity index (χ4v) is 2.75. The first kappa shape index (κ1) is 16.6. The van der Waals surface area contributed by atoms with E-state index < -0.39 is 28.7 Å². The topological polar surface area (TPSA) is 22.4 Å². The zero-order chi connectivity index (χ0) is 17.4. The van der Waals surface area contributed by atoms with Crippen molar-refractivity contribution in [1.29, 1.82) is 0 Å². The minimum atomic E-state index is -1.31. The summed E-state index contributed by atoms with van der Waals surface area (Å²) in [5, 5.41) is -0.799. The first-order valence-electron chi connectivity index (χ1n) is 7.83.